The maximum atomic E-state index is 12.6. The number of H-pyrrole nitrogens is 1. The SMILES string of the molecule is CCOc1ccc(CNC(=O)c2cn[nH]c2-c2ccc(OCC)c(Cl)c2)cc1. The van der Waals surface area contributed by atoms with E-state index >= 15 is 0 Å². The van der Waals surface area contributed by atoms with Gasteiger partial charge in [-0.2, -0.15) is 5.10 Å². The van der Waals surface area contributed by atoms with E-state index in [1.165, 1.54) is 6.20 Å². The first-order chi connectivity index (χ1) is 13.6. The molecule has 0 aliphatic heterocycles. The fraction of sp³-hybridized carbons (Fsp3) is 0.238. The van der Waals surface area contributed by atoms with Crippen molar-refractivity contribution in [3.05, 3.63) is 64.8 Å². The van der Waals surface area contributed by atoms with Crippen LogP contribution in [0.3, 0.4) is 0 Å². The minimum absolute atomic E-state index is 0.220. The monoisotopic (exact) mass is 399 g/mol. The summed E-state index contributed by atoms with van der Waals surface area (Å²) >= 11 is 6.26. The summed E-state index contributed by atoms with van der Waals surface area (Å²) in [5.41, 5.74) is 2.79. The van der Waals surface area contributed by atoms with E-state index in [0.29, 0.717) is 41.8 Å². The lowest BCUT2D eigenvalue weighted by atomic mass is 10.1. The Labute approximate surface area is 168 Å². The van der Waals surface area contributed by atoms with Crippen molar-refractivity contribution in [3.63, 3.8) is 0 Å². The van der Waals surface area contributed by atoms with Crippen LogP contribution in [0, 0.1) is 0 Å². The summed E-state index contributed by atoms with van der Waals surface area (Å²) in [4.78, 5) is 12.6. The number of rotatable bonds is 8. The van der Waals surface area contributed by atoms with Gasteiger partial charge < -0.3 is 14.8 Å². The molecule has 2 N–H and O–H groups in total. The number of nitrogens with zero attached hydrogens (tertiary/aromatic N) is 1. The zero-order valence-corrected chi connectivity index (χ0v) is 16.5. The van der Waals surface area contributed by atoms with Gasteiger partial charge in [0.2, 0.25) is 0 Å². The van der Waals surface area contributed by atoms with Crippen molar-refractivity contribution in [2.24, 2.45) is 0 Å². The molecule has 7 heteroatoms. The molecule has 0 aliphatic rings. The Balaban J connectivity index is 1.70. The van der Waals surface area contributed by atoms with Crippen molar-refractivity contribution >= 4 is 17.5 Å². The van der Waals surface area contributed by atoms with Crippen LogP contribution in [0.5, 0.6) is 11.5 Å². The van der Waals surface area contributed by atoms with Gasteiger partial charge in [-0.05, 0) is 49.7 Å². The van der Waals surface area contributed by atoms with Crippen molar-refractivity contribution in [2.75, 3.05) is 13.2 Å². The Kier molecular flexibility index (Phi) is 6.55. The zero-order valence-electron chi connectivity index (χ0n) is 15.8. The fourth-order valence-corrected chi connectivity index (χ4v) is 2.99. The minimum Gasteiger partial charge on any atom is -0.494 e. The number of carbonyl (C=O) groups is 1. The molecular weight excluding hydrogens is 378 g/mol. The molecule has 0 unspecified atom stereocenters. The van der Waals surface area contributed by atoms with Crippen LogP contribution < -0.4 is 14.8 Å². The van der Waals surface area contributed by atoms with Crippen LogP contribution in [-0.4, -0.2) is 29.3 Å². The van der Waals surface area contributed by atoms with Gasteiger partial charge in [-0.15, -0.1) is 0 Å². The van der Waals surface area contributed by atoms with E-state index in [4.69, 9.17) is 21.1 Å². The molecule has 0 fully saturated rings. The Morgan fingerprint density at radius 3 is 2.54 bits per heavy atom. The van der Waals surface area contributed by atoms with E-state index in [9.17, 15) is 4.79 Å². The first kappa shape index (κ1) is 19.8. The normalized spacial score (nSPS) is 10.5. The molecule has 0 saturated carbocycles. The zero-order chi connectivity index (χ0) is 19.9. The number of hydrogen-bond acceptors (Lipinski definition) is 4. The highest BCUT2D eigenvalue weighted by Gasteiger charge is 2.16. The molecule has 0 saturated heterocycles. The van der Waals surface area contributed by atoms with E-state index in [0.717, 1.165) is 16.9 Å². The Hall–Kier alpha value is -2.99. The summed E-state index contributed by atoms with van der Waals surface area (Å²) in [5.74, 6) is 1.19. The Morgan fingerprint density at radius 2 is 1.86 bits per heavy atom. The largest absolute Gasteiger partial charge is 0.494 e. The molecule has 3 rings (SSSR count). The molecule has 2 aromatic carbocycles. The van der Waals surface area contributed by atoms with Gasteiger partial charge in [0, 0.05) is 12.1 Å². The van der Waals surface area contributed by atoms with Crippen LogP contribution in [0.25, 0.3) is 11.3 Å². The topological polar surface area (TPSA) is 76.2 Å². The average Bonchev–Trinajstić information content (AvgIpc) is 3.19. The van der Waals surface area contributed by atoms with Crippen LogP contribution in [0.1, 0.15) is 29.8 Å². The van der Waals surface area contributed by atoms with Crippen molar-refractivity contribution in [1.82, 2.24) is 15.5 Å². The summed E-state index contributed by atoms with van der Waals surface area (Å²) in [6, 6.07) is 13.0. The van der Waals surface area contributed by atoms with Gasteiger partial charge in [-0.3, -0.25) is 9.89 Å². The molecule has 0 spiro atoms. The number of aromatic amines is 1. The summed E-state index contributed by atoms with van der Waals surface area (Å²) in [6.45, 7) is 5.39. The molecule has 1 amide bonds. The van der Waals surface area contributed by atoms with Crippen molar-refractivity contribution in [2.45, 2.75) is 20.4 Å². The lowest BCUT2D eigenvalue weighted by Crippen LogP contribution is -2.22. The molecule has 1 heterocycles. The minimum atomic E-state index is -0.220. The predicted molar refractivity (Wildman–Crippen MR) is 109 cm³/mol. The van der Waals surface area contributed by atoms with Gasteiger partial charge >= 0.3 is 0 Å². The standard InChI is InChI=1S/C21H22ClN3O3/c1-3-27-16-8-5-14(6-9-16)12-23-21(26)17-13-24-25-20(17)15-7-10-19(28-4-2)18(22)11-15/h5-11,13H,3-4,12H2,1-2H3,(H,23,26)(H,24,25). The van der Waals surface area contributed by atoms with E-state index in [1.807, 2.05) is 44.2 Å². The summed E-state index contributed by atoms with van der Waals surface area (Å²) in [6.07, 6.45) is 1.51. The lowest BCUT2D eigenvalue weighted by Gasteiger charge is -2.09. The van der Waals surface area contributed by atoms with Gasteiger partial charge in [-0.1, -0.05) is 23.7 Å². The third-order valence-electron chi connectivity index (χ3n) is 4.09. The van der Waals surface area contributed by atoms with Gasteiger partial charge in [0.25, 0.3) is 5.91 Å². The molecule has 6 nitrogen and oxygen atoms in total. The first-order valence-corrected chi connectivity index (χ1v) is 9.46. The predicted octanol–water partition coefficient (Wildman–Crippen LogP) is 4.46. The average molecular weight is 400 g/mol. The fourth-order valence-electron chi connectivity index (χ4n) is 2.76. The first-order valence-electron chi connectivity index (χ1n) is 9.08. The van der Waals surface area contributed by atoms with E-state index in [-0.39, 0.29) is 5.91 Å². The molecule has 0 bridgehead atoms. The highest BCUT2D eigenvalue weighted by Crippen LogP contribution is 2.31. The molecule has 3 aromatic rings. The number of nitrogens with one attached hydrogen (secondary N) is 2. The number of carbonyl (C=O) groups excluding carboxylic acids is 1. The molecule has 1 aromatic heterocycles. The maximum Gasteiger partial charge on any atom is 0.255 e. The molecule has 0 aliphatic carbocycles. The van der Waals surface area contributed by atoms with E-state index in [1.54, 1.807) is 12.1 Å². The third-order valence-corrected chi connectivity index (χ3v) is 4.39. The highest BCUT2D eigenvalue weighted by atomic mass is 35.5. The van der Waals surface area contributed by atoms with Crippen molar-refractivity contribution < 1.29 is 14.3 Å². The van der Waals surface area contributed by atoms with E-state index in [2.05, 4.69) is 15.5 Å². The molecular formula is C21H22ClN3O3. The number of hydrogen-bond donors (Lipinski definition) is 2. The smallest absolute Gasteiger partial charge is 0.255 e. The van der Waals surface area contributed by atoms with E-state index < -0.39 is 0 Å². The summed E-state index contributed by atoms with van der Waals surface area (Å²) in [7, 11) is 0. The van der Waals surface area contributed by atoms with Crippen LogP contribution in [0.2, 0.25) is 5.02 Å². The number of amides is 1. The Morgan fingerprint density at radius 1 is 1.11 bits per heavy atom. The summed E-state index contributed by atoms with van der Waals surface area (Å²) in [5, 5.41) is 10.3. The van der Waals surface area contributed by atoms with Gasteiger partial charge in [0.15, 0.2) is 0 Å². The number of halogens is 1. The quantitative estimate of drug-likeness (QED) is 0.586. The number of aromatic nitrogens is 2. The second kappa shape index (κ2) is 9.28. The van der Waals surface area contributed by atoms with Gasteiger partial charge in [0.1, 0.15) is 11.5 Å². The molecule has 0 atom stereocenters. The van der Waals surface area contributed by atoms with Crippen molar-refractivity contribution in [3.8, 4) is 22.8 Å². The number of ether oxygens (including phenoxy) is 2. The van der Waals surface area contributed by atoms with Crippen LogP contribution in [0.15, 0.2) is 48.7 Å². The highest BCUT2D eigenvalue weighted by molar-refractivity contribution is 6.32. The molecule has 28 heavy (non-hydrogen) atoms. The maximum absolute atomic E-state index is 12.6. The third kappa shape index (κ3) is 4.64. The van der Waals surface area contributed by atoms with Gasteiger partial charge in [0.05, 0.1) is 35.7 Å². The molecule has 146 valence electrons. The molecule has 0 radical (unpaired) electrons. The number of benzene rings is 2. The van der Waals surface area contributed by atoms with Crippen LogP contribution in [0.4, 0.5) is 0 Å². The van der Waals surface area contributed by atoms with Crippen LogP contribution in [-0.2, 0) is 6.54 Å². The van der Waals surface area contributed by atoms with Crippen LogP contribution >= 0.6 is 11.6 Å². The van der Waals surface area contributed by atoms with Gasteiger partial charge in [-0.25, -0.2) is 0 Å². The summed E-state index contributed by atoms with van der Waals surface area (Å²) < 4.78 is 10.9. The second-order valence-corrected chi connectivity index (χ2v) is 6.40. The Bertz CT molecular complexity index is 938. The van der Waals surface area contributed by atoms with Crippen molar-refractivity contribution in [1.29, 1.82) is 0 Å². The lowest BCUT2D eigenvalue weighted by molar-refractivity contribution is 0.0951. The second-order valence-electron chi connectivity index (χ2n) is 6.00.